The number of thiazole rings is 1. The molecule has 3 aromatic rings. The quantitative estimate of drug-likeness (QED) is 0.630. The molecule has 1 amide bonds. The zero-order valence-corrected chi connectivity index (χ0v) is 17.0. The Bertz CT molecular complexity index is 974. The van der Waals surface area contributed by atoms with Crippen molar-refractivity contribution in [2.24, 2.45) is 13.0 Å². The highest BCUT2D eigenvalue weighted by Gasteiger charge is 2.22. The SMILES string of the molecule is Cn1cc(/C=C/C(=O)N2CCC(Cc3cc(Nc4nccs4)ncn3)CC2)cn1. The predicted octanol–water partition coefficient (Wildman–Crippen LogP) is 2.90. The van der Waals surface area contributed by atoms with Gasteiger partial charge in [-0.25, -0.2) is 15.0 Å². The van der Waals surface area contributed by atoms with Crippen molar-refractivity contribution in [2.45, 2.75) is 19.3 Å². The van der Waals surface area contributed by atoms with Crippen molar-refractivity contribution in [3.8, 4) is 0 Å². The van der Waals surface area contributed by atoms with Crippen LogP contribution < -0.4 is 5.32 Å². The van der Waals surface area contributed by atoms with Crippen LogP contribution in [0.15, 0.2) is 42.4 Å². The highest BCUT2D eigenvalue weighted by molar-refractivity contribution is 7.13. The van der Waals surface area contributed by atoms with Gasteiger partial charge < -0.3 is 10.2 Å². The summed E-state index contributed by atoms with van der Waals surface area (Å²) in [5, 5.41) is 10.1. The van der Waals surface area contributed by atoms with Crippen molar-refractivity contribution in [1.82, 2.24) is 29.6 Å². The Labute approximate surface area is 173 Å². The first kappa shape index (κ1) is 19.3. The Morgan fingerprint density at radius 3 is 2.90 bits per heavy atom. The largest absolute Gasteiger partial charge is 0.339 e. The van der Waals surface area contributed by atoms with Crippen LogP contribution >= 0.6 is 11.3 Å². The third-order valence-electron chi connectivity index (χ3n) is 4.96. The molecule has 1 saturated heterocycles. The number of hydrogen-bond acceptors (Lipinski definition) is 7. The first-order chi connectivity index (χ1) is 14.2. The van der Waals surface area contributed by atoms with E-state index in [0.29, 0.717) is 5.92 Å². The minimum atomic E-state index is 0.0595. The second-order valence-electron chi connectivity index (χ2n) is 7.11. The Kier molecular flexibility index (Phi) is 5.95. The number of aryl methyl sites for hydroxylation is 1. The van der Waals surface area contributed by atoms with Crippen LogP contribution in [0.25, 0.3) is 6.08 Å². The molecule has 0 radical (unpaired) electrons. The second-order valence-corrected chi connectivity index (χ2v) is 8.00. The summed E-state index contributed by atoms with van der Waals surface area (Å²) in [5.74, 6) is 1.34. The topological polar surface area (TPSA) is 88.8 Å². The Morgan fingerprint density at radius 2 is 2.17 bits per heavy atom. The van der Waals surface area contributed by atoms with Crippen molar-refractivity contribution in [3.63, 3.8) is 0 Å². The normalized spacial score (nSPS) is 15.1. The summed E-state index contributed by atoms with van der Waals surface area (Å²) in [5.41, 5.74) is 1.95. The van der Waals surface area contributed by atoms with Crippen LogP contribution in [0.4, 0.5) is 10.9 Å². The number of aromatic nitrogens is 5. The smallest absolute Gasteiger partial charge is 0.246 e. The van der Waals surface area contributed by atoms with Crippen molar-refractivity contribution >= 4 is 34.3 Å². The van der Waals surface area contributed by atoms with Crippen LogP contribution in [0.3, 0.4) is 0 Å². The lowest BCUT2D eigenvalue weighted by atomic mass is 9.92. The molecule has 0 unspecified atom stereocenters. The van der Waals surface area contributed by atoms with Gasteiger partial charge in [-0.2, -0.15) is 5.10 Å². The van der Waals surface area contributed by atoms with Crippen LogP contribution in [0.5, 0.6) is 0 Å². The van der Waals surface area contributed by atoms with E-state index >= 15 is 0 Å². The fourth-order valence-corrected chi connectivity index (χ4v) is 3.96. The maximum absolute atomic E-state index is 12.4. The summed E-state index contributed by atoms with van der Waals surface area (Å²) >= 11 is 1.54. The Hall–Kier alpha value is -3.07. The van der Waals surface area contributed by atoms with Gasteiger partial charge in [0.25, 0.3) is 0 Å². The fourth-order valence-electron chi connectivity index (χ4n) is 3.42. The number of amides is 1. The van der Waals surface area contributed by atoms with E-state index in [-0.39, 0.29) is 5.91 Å². The summed E-state index contributed by atoms with van der Waals surface area (Å²) in [7, 11) is 1.86. The van der Waals surface area contributed by atoms with E-state index in [9.17, 15) is 4.79 Å². The van der Waals surface area contributed by atoms with Gasteiger partial charge in [0.05, 0.1) is 6.20 Å². The lowest BCUT2D eigenvalue weighted by molar-refractivity contribution is -0.127. The van der Waals surface area contributed by atoms with Gasteiger partial charge in [0.15, 0.2) is 5.13 Å². The highest BCUT2D eigenvalue weighted by atomic mass is 32.1. The van der Waals surface area contributed by atoms with Crippen LogP contribution in [-0.4, -0.2) is 48.6 Å². The number of likely N-dealkylation sites (tertiary alicyclic amines) is 1. The number of rotatable bonds is 6. The van der Waals surface area contributed by atoms with E-state index in [0.717, 1.165) is 54.6 Å². The van der Waals surface area contributed by atoms with Gasteiger partial charge in [0, 0.05) is 61.3 Å². The van der Waals surface area contributed by atoms with Crippen LogP contribution in [-0.2, 0) is 18.3 Å². The van der Waals surface area contributed by atoms with E-state index in [1.54, 1.807) is 29.5 Å². The van der Waals surface area contributed by atoms with Crippen molar-refractivity contribution < 1.29 is 4.79 Å². The maximum atomic E-state index is 12.4. The molecule has 0 aliphatic carbocycles. The fraction of sp³-hybridized carbons (Fsp3) is 0.350. The predicted molar refractivity (Wildman–Crippen MR) is 113 cm³/mol. The molecule has 8 nitrogen and oxygen atoms in total. The summed E-state index contributed by atoms with van der Waals surface area (Å²) in [6, 6.07) is 1.98. The van der Waals surface area contributed by atoms with Gasteiger partial charge in [-0.1, -0.05) is 0 Å². The zero-order chi connectivity index (χ0) is 20.1. The van der Waals surface area contributed by atoms with Gasteiger partial charge in [0.1, 0.15) is 12.1 Å². The molecule has 0 atom stereocenters. The summed E-state index contributed by atoms with van der Waals surface area (Å²) in [4.78, 5) is 27.2. The molecule has 9 heteroatoms. The summed E-state index contributed by atoms with van der Waals surface area (Å²) in [6.45, 7) is 1.55. The zero-order valence-electron chi connectivity index (χ0n) is 16.2. The molecule has 1 aliphatic rings. The average molecular weight is 410 g/mol. The van der Waals surface area contributed by atoms with E-state index < -0.39 is 0 Å². The van der Waals surface area contributed by atoms with Gasteiger partial charge in [-0.15, -0.1) is 11.3 Å². The second kappa shape index (κ2) is 8.95. The molecule has 0 aromatic carbocycles. The molecule has 0 bridgehead atoms. The number of hydrogen-bond donors (Lipinski definition) is 1. The minimum absolute atomic E-state index is 0.0595. The summed E-state index contributed by atoms with van der Waals surface area (Å²) < 4.78 is 1.72. The molecular weight excluding hydrogens is 386 g/mol. The van der Waals surface area contributed by atoms with E-state index in [1.807, 2.05) is 35.7 Å². The number of nitrogens with one attached hydrogen (secondary N) is 1. The Balaban J connectivity index is 1.27. The number of nitrogens with zero attached hydrogens (tertiary/aromatic N) is 6. The molecule has 0 saturated carbocycles. The van der Waals surface area contributed by atoms with Crippen molar-refractivity contribution in [2.75, 3.05) is 18.4 Å². The van der Waals surface area contributed by atoms with Gasteiger partial charge in [0.2, 0.25) is 5.91 Å². The molecule has 4 rings (SSSR count). The first-order valence-electron chi connectivity index (χ1n) is 9.59. The number of piperidine rings is 1. The number of anilines is 2. The third kappa shape index (κ3) is 5.26. The maximum Gasteiger partial charge on any atom is 0.246 e. The van der Waals surface area contributed by atoms with Crippen molar-refractivity contribution in [3.05, 3.63) is 53.7 Å². The van der Waals surface area contributed by atoms with Gasteiger partial charge >= 0.3 is 0 Å². The molecule has 1 aliphatic heterocycles. The standard InChI is InChI=1S/C20H23N7OS/c1-26-13-16(12-24-26)2-3-19(28)27-7-4-15(5-8-27)10-17-11-18(23-14-22-17)25-20-21-6-9-29-20/h2-3,6,9,11-15H,4-5,7-8,10H2,1H3,(H,21,22,23,25)/b3-2+. The average Bonchev–Trinajstić information content (AvgIpc) is 3.39. The lowest BCUT2D eigenvalue weighted by Crippen LogP contribution is -2.38. The molecule has 1 fully saturated rings. The van der Waals surface area contributed by atoms with E-state index in [4.69, 9.17) is 0 Å². The van der Waals surface area contributed by atoms with Crippen LogP contribution in [0.1, 0.15) is 24.1 Å². The van der Waals surface area contributed by atoms with E-state index in [1.165, 1.54) is 11.3 Å². The molecular formula is C20H23N7OS. The molecule has 1 N–H and O–H groups in total. The van der Waals surface area contributed by atoms with E-state index in [2.05, 4.69) is 25.4 Å². The third-order valence-corrected chi connectivity index (χ3v) is 5.65. The van der Waals surface area contributed by atoms with Crippen LogP contribution in [0, 0.1) is 5.92 Å². The molecule has 0 spiro atoms. The first-order valence-corrected chi connectivity index (χ1v) is 10.5. The minimum Gasteiger partial charge on any atom is -0.339 e. The number of carbonyl (C=O) groups excluding carboxylic acids is 1. The summed E-state index contributed by atoms with van der Waals surface area (Å²) in [6.07, 6.45) is 13.3. The lowest BCUT2D eigenvalue weighted by Gasteiger charge is -2.31. The van der Waals surface area contributed by atoms with Gasteiger partial charge in [-0.3, -0.25) is 9.48 Å². The molecule has 3 aromatic heterocycles. The Morgan fingerprint density at radius 1 is 1.31 bits per heavy atom. The van der Waals surface area contributed by atoms with Crippen LogP contribution in [0.2, 0.25) is 0 Å². The molecule has 29 heavy (non-hydrogen) atoms. The number of carbonyl (C=O) groups is 1. The molecule has 4 heterocycles. The van der Waals surface area contributed by atoms with Gasteiger partial charge in [-0.05, 0) is 31.3 Å². The highest BCUT2D eigenvalue weighted by Crippen LogP contribution is 2.23. The van der Waals surface area contributed by atoms with Crippen molar-refractivity contribution in [1.29, 1.82) is 0 Å². The molecule has 150 valence electrons. The monoisotopic (exact) mass is 409 g/mol.